The van der Waals surface area contributed by atoms with Gasteiger partial charge >= 0.3 is 0 Å². The minimum Gasteiger partial charge on any atom is -0.309 e. The second-order valence-corrected chi connectivity index (χ2v) is 21.1. The lowest BCUT2D eigenvalue weighted by Gasteiger charge is -2.31. The van der Waals surface area contributed by atoms with Crippen LogP contribution in [0.3, 0.4) is 0 Å². The molecule has 66 heavy (non-hydrogen) atoms. The van der Waals surface area contributed by atoms with Gasteiger partial charge in [0, 0.05) is 32.9 Å². The summed E-state index contributed by atoms with van der Waals surface area (Å²) in [5, 5.41) is 12.4. The monoisotopic (exact) mass is 858 g/mol. The van der Waals surface area contributed by atoms with E-state index < -0.39 is 0 Å². The number of anilines is 6. The van der Waals surface area contributed by atoms with Gasteiger partial charge in [0.1, 0.15) is 0 Å². The Balaban J connectivity index is 1.33. The fourth-order valence-corrected chi connectivity index (χ4v) is 9.98. The molecular formula is C64H62N2. The topological polar surface area (TPSA) is 6.48 Å². The molecule has 0 heterocycles. The standard InChI is InChI=1S/C64H62N2/c1-41(2)45-25-34-54-56(37-45)53-35-36-55-57(58(53)40-62(54)66(50-32-28-48(29-33-50)64(8,9)10)60-24-16-20-44-18-12-14-22-52(44)60)38-46(42(3)4)39-61(55)65(49-30-26-47(27-31-49)63(5,6)7)59-23-15-19-43-17-11-13-21-51(43)59/h11-42H,1-10H3. The minimum atomic E-state index is 0.0327. The molecule has 328 valence electrons. The maximum Gasteiger partial charge on any atom is 0.0546 e. The summed E-state index contributed by atoms with van der Waals surface area (Å²) in [6.45, 7) is 23.0. The summed E-state index contributed by atoms with van der Waals surface area (Å²) in [5.74, 6) is 0.674. The van der Waals surface area contributed by atoms with Crippen molar-refractivity contribution in [1.82, 2.24) is 0 Å². The Labute approximate surface area is 392 Å². The maximum absolute atomic E-state index is 2.52. The Hall–Kier alpha value is -6.90. The summed E-state index contributed by atoms with van der Waals surface area (Å²) in [5.41, 5.74) is 12.3. The molecule has 2 heteroatoms. The summed E-state index contributed by atoms with van der Waals surface area (Å²) in [4.78, 5) is 5.05. The molecule has 0 aliphatic carbocycles. The van der Waals surface area contributed by atoms with E-state index in [2.05, 4.69) is 261 Å². The first-order valence-electron chi connectivity index (χ1n) is 23.9. The zero-order valence-electron chi connectivity index (χ0n) is 40.4. The largest absolute Gasteiger partial charge is 0.309 e. The Morgan fingerprint density at radius 1 is 0.303 bits per heavy atom. The van der Waals surface area contributed by atoms with Crippen LogP contribution in [0.4, 0.5) is 34.1 Å². The molecule has 10 aromatic rings. The van der Waals surface area contributed by atoms with E-state index in [1.807, 2.05) is 0 Å². The van der Waals surface area contributed by atoms with E-state index in [0.717, 1.165) is 17.1 Å². The van der Waals surface area contributed by atoms with Gasteiger partial charge in [-0.05, 0) is 126 Å². The first-order chi connectivity index (χ1) is 31.7. The molecule has 0 saturated heterocycles. The van der Waals surface area contributed by atoms with Crippen molar-refractivity contribution in [3.8, 4) is 0 Å². The molecule has 0 bridgehead atoms. The molecule has 10 rings (SSSR count). The molecule has 0 N–H and O–H groups in total. The van der Waals surface area contributed by atoms with Crippen molar-refractivity contribution in [2.45, 2.75) is 91.9 Å². The highest BCUT2D eigenvalue weighted by Crippen LogP contribution is 2.49. The van der Waals surface area contributed by atoms with Crippen molar-refractivity contribution in [3.63, 3.8) is 0 Å². The van der Waals surface area contributed by atoms with Gasteiger partial charge < -0.3 is 9.80 Å². The van der Waals surface area contributed by atoms with Crippen LogP contribution < -0.4 is 9.80 Å². The van der Waals surface area contributed by atoms with E-state index in [4.69, 9.17) is 0 Å². The van der Waals surface area contributed by atoms with Gasteiger partial charge in [-0.2, -0.15) is 0 Å². The van der Waals surface area contributed by atoms with Gasteiger partial charge in [0.2, 0.25) is 0 Å². The van der Waals surface area contributed by atoms with Crippen molar-refractivity contribution in [3.05, 3.63) is 204 Å². The van der Waals surface area contributed by atoms with Gasteiger partial charge in [-0.15, -0.1) is 0 Å². The fraction of sp³-hybridized carbons (Fsp3) is 0.219. The molecule has 0 saturated carbocycles. The second kappa shape index (κ2) is 16.5. The second-order valence-electron chi connectivity index (χ2n) is 21.1. The molecule has 2 nitrogen and oxygen atoms in total. The van der Waals surface area contributed by atoms with E-state index >= 15 is 0 Å². The van der Waals surface area contributed by atoms with E-state index in [0.29, 0.717) is 11.8 Å². The van der Waals surface area contributed by atoms with Gasteiger partial charge in [0.05, 0.1) is 22.7 Å². The predicted molar refractivity (Wildman–Crippen MR) is 289 cm³/mol. The van der Waals surface area contributed by atoms with Gasteiger partial charge in [-0.25, -0.2) is 0 Å². The molecule has 0 atom stereocenters. The van der Waals surface area contributed by atoms with Crippen molar-refractivity contribution in [1.29, 1.82) is 0 Å². The maximum atomic E-state index is 2.52. The van der Waals surface area contributed by atoms with Crippen molar-refractivity contribution < 1.29 is 0 Å². The number of hydrogen-bond donors (Lipinski definition) is 0. The van der Waals surface area contributed by atoms with Crippen LogP contribution in [0.15, 0.2) is 182 Å². The third-order valence-corrected chi connectivity index (χ3v) is 13.9. The van der Waals surface area contributed by atoms with Crippen LogP contribution in [-0.4, -0.2) is 0 Å². The average Bonchev–Trinajstić information content (AvgIpc) is 3.31. The summed E-state index contributed by atoms with van der Waals surface area (Å²) in [6.07, 6.45) is 0. The molecular weight excluding hydrogens is 797 g/mol. The lowest BCUT2D eigenvalue weighted by molar-refractivity contribution is 0.590. The molecule has 10 aromatic carbocycles. The van der Waals surface area contributed by atoms with E-state index in [-0.39, 0.29) is 10.8 Å². The fourth-order valence-electron chi connectivity index (χ4n) is 9.98. The third kappa shape index (κ3) is 7.67. The lowest BCUT2D eigenvalue weighted by atomic mass is 9.87. The van der Waals surface area contributed by atoms with E-state index in [1.165, 1.54) is 93.2 Å². The Kier molecular flexibility index (Phi) is 10.8. The third-order valence-electron chi connectivity index (χ3n) is 13.9. The van der Waals surface area contributed by atoms with Crippen molar-refractivity contribution >= 4 is 88.0 Å². The molecule has 0 fully saturated rings. The summed E-state index contributed by atoms with van der Waals surface area (Å²) in [7, 11) is 0. The highest BCUT2D eigenvalue weighted by Gasteiger charge is 2.25. The Bertz CT molecular complexity index is 3420. The smallest absolute Gasteiger partial charge is 0.0546 e. The average molecular weight is 859 g/mol. The van der Waals surface area contributed by atoms with Crippen molar-refractivity contribution in [2.75, 3.05) is 9.80 Å². The van der Waals surface area contributed by atoms with Gasteiger partial charge in [0.25, 0.3) is 0 Å². The molecule has 0 radical (unpaired) electrons. The molecule has 0 spiro atoms. The number of hydrogen-bond acceptors (Lipinski definition) is 2. The zero-order chi connectivity index (χ0) is 46.1. The van der Waals surface area contributed by atoms with Crippen LogP contribution in [0.1, 0.15) is 103 Å². The van der Waals surface area contributed by atoms with Crippen LogP contribution in [-0.2, 0) is 10.8 Å². The SMILES string of the molecule is CC(C)c1ccc2c(N(c3ccc(C(C)(C)C)cc3)c3cccc4ccccc34)cc3c4cc(C(C)C)cc(N(c5ccc(C(C)(C)C)cc5)c5cccc6ccccc56)c4ccc3c2c1. The van der Waals surface area contributed by atoms with Crippen molar-refractivity contribution in [2.24, 2.45) is 0 Å². The first kappa shape index (κ1) is 43.0. The Morgan fingerprint density at radius 2 is 0.697 bits per heavy atom. The van der Waals surface area contributed by atoms with E-state index in [1.54, 1.807) is 0 Å². The highest BCUT2D eigenvalue weighted by atomic mass is 15.2. The van der Waals surface area contributed by atoms with Gasteiger partial charge in [-0.1, -0.05) is 203 Å². The number of rotatable bonds is 8. The molecule has 0 aromatic heterocycles. The van der Waals surface area contributed by atoms with Crippen LogP contribution in [0.5, 0.6) is 0 Å². The van der Waals surface area contributed by atoms with Crippen LogP contribution in [0.2, 0.25) is 0 Å². The number of fused-ring (bicyclic) bond motifs is 7. The molecule has 0 aliphatic rings. The zero-order valence-corrected chi connectivity index (χ0v) is 40.4. The molecule has 0 amide bonds. The van der Waals surface area contributed by atoms with Crippen LogP contribution >= 0.6 is 0 Å². The quantitative estimate of drug-likeness (QED) is 0.141. The molecule has 0 unspecified atom stereocenters. The number of nitrogens with zero attached hydrogens (tertiary/aromatic N) is 2. The number of benzene rings is 10. The van der Waals surface area contributed by atoms with Crippen LogP contribution in [0.25, 0.3) is 53.9 Å². The highest BCUT2D eigenvalue weighted by molar-refractivity contribution is 6.24. The van der Waals surface area contributed by atoms with Gasteiger partial charge in [-0.3, -0.25) is 0 Å². The van der Waals surface area contributed by atoms with Gasteiger partial charge in [0.15, 0.2) is 0 Å². The summed E-state index contributed by atoms with van der Waals surface area (Å²) in [6, 6.07) is 69.1. The van der Waals surface area contributed by atoms with Crippen LogP contribution in [0, 0.1) is 0 Å². The normalized spacial score (nSPS) is 12.4. The predicted octanol–water partition coefficient (Wildman–Crippen LogP) is 19.2. The summed E-state index contributed by atoms with van der Waals surface area (Å²) < 4.78 is 0. The first-order valence-corrected chi connectivity index (χ1v) is 23.9. The molecule has 0 aliphatic heterocycles. The lowest BCUT2D eigenvalue weighted by Crippen LogP contribution is -2.14. The van der Waals surface area contributed by atoms with E-state index in [9.17, 15) is 0 Å². The minimum absolute atomic E-state index is 0.0327. The summed E-state index contributed by atoms with van der Waals surface area (Å²) >= 11 is 0. The Morgan fingerprint density at radius 3 is 1.18 bits per heavy atom.